The largest absolute Gasteiger partial charge is 0.458 e. The predicted molar refractivity (Wildman–Crippen MR) is 134 cm³/mol. The van der Waals surface area contributed by atoms with Crippen LogP contribution in [0.5, 0.6) is 0 Å². The Labute approximate surface area is 219 Å². The number of hydrogen-bond donors (Lipinski definition) is 1. The Hall–Kier alpha value is -1.25. The fraction of sp³-hybridized carbons (Fsp3) is 0.833. The molecule has 0 aromatic heterocycles. The number of carbonyl (C=O) groups excluding carboxylic acids is 1. The molecule has 3 aliphatic heterocycles. The summed E-state index contributed by atoms with van der Waals surface area (Å²) in [6, 6.07) is 0. The van der Waals surface area contributed by atoms with Crippen LogP contribution in [0.1, 0.15) is 78.6 Å². The highest BCUT2D eigenvalue weighted by Crippen LogP contribution is 2.80. The maximum absolute atomic E-state index is 11.8. The molecular formula is C30H42O7. The van der Waals surface area contributed by atoms with Crippen LogP contribution < -0.4 is 0 Å². The molecule has 0 amide bonds. The third kappa shape index (κ3) is 3.21. The summed E-state index contributed by atoms with van der Waals surface area (Å²) >= 11 is 0. The molecule has 7 rings (SSSR count). The van der Waals surface area contributed by atoms with Gasteiger partial charge in [0.25, 0.3) is 0 Å². The first-order valence-electron chi connectivity index (χ1n) is 14.5. The number of cyclic esters (lactones) is 1. The van der Waals surface area contributed by atoms with Gasteiger partial charge in [0, 0.05) is 30.6 Å². The van der Waals surface area contributed by atoms with Crippen molar-refractivity contribution in [1.29, 1.82) is 0 Å². The zero-order chi connectivity index (χ0) is 25.8. The van der Waals surface area contributed by atoms with E-state index >= 15 is 0 Å². The Kier molecular flexibility index (Phi) is 5.45. The first-order valence-corrected chi connectivity index (χ1v) is 14.5. The minimum atomic E-state index is -0.611. The second-order valence-corrected chi connectivity index (χ2v) is 13.4. The molecule has 0 unspecified atom stereocenters. The van der Waals surface area contributed by atoms with Gasteiger partial charge in [-0.2, -0.15) is 0 Å². The number of esters is 1. The topological polar surface area (TPSA) is 86.8 Å². The average Bonchev–Trinajstić information content (AvgIpc) is 3.18. The van der Waals surface area contributed by atoms with Gasteiger partial charge in [-0.15, -0.1) is 0 Å². The smallest absolute Gasteiger partial charge is 0.331 e. The Morgan fingerprint density at radius 2 is 1.95 bits per heavy atom. The van der Waals surface area contributed by atoms with Crippen LogP contribution in [0.4, 0.5) is 0 Å². The van der Waals surface area contributed by atoms with Crippen LogP contribution in [0.2, 0.25) is 0 Å². The molecule has 0 radical (unpaired) electrons. The number of ether oxygens (including phenoxy) is 5. The highest BCUT2D eigenvalue weighted by atomic mass is 16.7. The summed E-state index contributed by atoms with van der Waals surface area (Å²) in [7, 11) is 1.65. The number of fused-ring (bicyclic) bond motifs is 2. The summed E-state index contributed by atoms with van der Waals surface area (Å²) in [6.45, 7) is 7.21. The molecule has 0 aromatic rings. The SMILES string of the molecule is CO[C@@H]1C[C@H](O[C@H]2CC[C@@]3(C)[C@H](CC[C@@]45O[C@@]46CC=C(C4=CC(=O)OC4)[C@@]6(C)CC[C@H]35)C2)O[C@H](C)[C@H]1O. The summed E-state index contributed by atoms with van der Waals surface area (Å²) < 4.78 is 30.3. The molecular weight excluding hydrogens is 472 g/mol. The van der Waals surface area contributed by atoms with Gasteiger partial charge in [-0.1, -0.05) is 19.9 Å². The summed E-state index contributed by atoms with van der Waals surface area (Å²) in [6.07, 6.45) is 12.1. The van der Waals surface area contributed by atoms with E-state index in [1.54, 1.807) is 13.2 Å². The molecule has 7 aliphatic rings. The number of aliphatic hydroxyl groups excluding tert-OH is 1. The Morgan fingerprint density at radius 3 is 2.70 bits per heavy atom. The van der Waals surface area contributed by atoms with E-state index in [0.717, 1.165) is 44.1 Å². The Balaban J connectivity index is 1.06. The first-order chi connectivity index (χ1) is 17.7. The Morgan fingerprint density at radius 1 is 1.11 bits per heavy atom. The second kappa shape index (κ2) is 8.14. The van der Waals surface area contributed by atoms with Gasteiger partial charge in [-0.25, -0.2) is 4.79 Å². The second-order valence-electron chi connectivity index (χ2n) is 13.4. The van der Waals surface area contributed by atoms with Gasteiger partial charge in [0.05, 0.1) is 18.3 Å². The number of epoxide rings is 1. The molecule has 1 N–H and O–H groups in total. The molecule has 37 heavy (non-hydrogen) atoms. The molecule has 3 saturated carbocycles. The molecule has 2 saturated heterocycles. The fourth-order valence-electron chi connectivity index (χ4n) is 10.00. The van der Waals surface area contributed by atoms with Crippen molar-refractivity contribution in [2.45, 2.75) is 120 Å². The maximum Gasteiger partial charge on any atom is 0.331 e. The fourth-order valence-corrected chi connectivity index (χ4v) is 10.00. The van der Waals surface area contributed by atoms with Crippen molar-refractivity contribution >= 4 is 5.97 Å². The molecule has 7 heteroatoms. The van der Waals surface area contributed by atoms with Crippen molar-refractivity contribution in [2.75, 3.05) is 13.7 Å². The van der Waals surface area contributed by atoms with Crippen LogP contribution in [0.25, 0.3) is 0 Å². The van der Waals surface area contributed by atoms with Gasteiger partial charge in [0.15, 0.2) is 6.29 Å². The lowest BCUT2D eigenvalue weighted by molar-refractivity contribution is -0.271. The van der Waals surface area contributed by atoms with E-state index in [9.17, 15) is 9.90 Å². The molecule has 204 valence electrons. The number of methoxy groups -OCH3 is 1. The predicted octanol–water partition coefficient (Wildman–Crippen LogP) is 4.22. The molecule has 7 nitrogen and oxygen atoms in total. The molecule has 0 aromatic carbocycles. The van der Waals surface area contributed by atoms with Crippen molar-refractivity contribution < 1.29 is 33.6 Å². The monoisotopic (exact) mass is 514 g/mol. The van der Waals surface area contributed by atoms with Crippen LogP contribution in [0.15, 0.2) is 23.3 Å². The summed E-state index contributed by atoms with van der Waals surface area (Å²) in [5.74, 6) is 0.971. The zero-order valence-corrected chi connectivity index (χ0v) is 22.7. The van der Waals surface area contributed by atoms with E-state index in [2.05, 4.69) is 19.9 Å². The number of aliphatic hydroxyl groups is 1. The summed E-state index contributed by atoms with van der Waals surface area (Å²) in [5, 5.41) is 10.3. The van der Waals surface area contributed by atoms with Crippen LogP contribution in [-0.4, -0.2) is 66.7 Å². The molecule has 2 spiro atoms. The van der Waals surface area contributed by atoms with E-state index in [1.165, 1.54) is 18.4 Å². The lowest BCUT2D eigenvalue weighted by Gasteiger charge is -2.58. The van der Waals surface area contributed by atoms with Crippen molar-refractivity contribution in [2.24, 2.45) is 22.7 Å². The lowest BCUT2D eigenvalue weighted by Crippen LogP contribution is -2.58. The van der Waals surface area contributed by atoms with Gasteiger partial charge in [0.1, 0.15) is 23.9 Å². The lowest BCUT2D eigenvalue weighted by atomic mass is 9.44. The number of carbonyl (C=O) groups is 1. The summed E-state index contributed by atoms with van der Waals surface area (Å²) in [5.41, 5.74) is 2.43. The van der Waals surface area contributed by atoms with Gasteiger partial charge in [-0.05, 0) is 81.1 Å². The van der Waals surface area contributed by atoms with E-state index in [-0.39, 0.29) is 52.6 Å². The van der Waals surface area contributed by atoms with Gasteiger partial charge in [0.2, 0.25) is 0 Å². The van der Waals surface area contributed by atoms with Crippen LogP contribution in [0.3, 0.4) is 0 Å². The van der Waals surface area contributed by atoms with Crippen molar-refractivity contribution in [1.82, 2.24) is 0 Å². The van der Waals surface area contributed by atoms with Gasteiger partial charge >= 0.3 is 5.97 Å². The minimum Gasteiger partial charge on any atom is -0.458 e. The molecule has 4 aliphatic carbocycles. The van der Waals surface area contributed by atoms with E-state index in [4.69, 9.17) is 23.7 Å². The molecule has 3 heterocycles. The molecule has 11 atom stereocenters. The third-order valence-electron chi connectivity index (χ3n) is 12.0. The minimum absolute atomic E-state index is 0.0367. The highest BCUT2D eigenvalue weighted by molar-refractivity contribution is 5.87. The molecule has 0 bridgehead atoms. The van der Waals surface area contributed by atoms with E-state index in [0.29, 0.717) is 24.9 Å². The highest BCUT2D eigenvalue weighted by Gasteiger charge is 2.85. The quantitative estimate of drug-likeness (QED) is 0.341. The van der Waals surface area contributed by atoms with Crippen molar-refractivity contribution in [3.63, 3.8) is 0 Å². The normalized spacial score (nSPS) is 54.3. The Bertz CT molecular complexity index is 1050. The van der Waals surface area contributed by atoms with E-state index in [1.807, 2.05) is 6.92 Å². The third-order valence-corrected chi connectivity index (χ3v) is 12.0. The average molecular weight is 515 g/mol. The number of hydrogen-bond acceptors (Lipinski definition) is 7. The summed E-state index contributed by atoms with van der Waals surface area (Å²) in [4.78, 5) is 11.8. The van der Waals surface area contributed by atoms with Gasteiger partial charge in [-0.3, -0.25) is 0 Å². The molecule has 5 fully saturated rings. The van der Waals surface area contributed by atoms with Gasteiger partial charge < -0.3 is 28.8 Å². The van der Waals surface area contributed by atoms with Crippen molar-refractivity contribution in [3.05, 3.63) is 23.3 Å². The maximum atomic E-state index is 11.8. The first kappa shape index (κ1) is 24.8. The van der Waals surface area contributed by atoms with Crippen molar-refractivity contribution in [3.8, 4) is 0 Å². The standard InChI is InChI=1S/C30H42O7/c1-17-26(32)22(33-4)15-25(35-17)36-20-6-9-27(2)19(14-20)5-11-29-23(27)8-10-28(3)21(7-12-30(28,29)37-29)18-13-24(31)34-16-18/h7,13,17,19-20,22-23,25-26,32H,5-6,8-12,14-16H2,1-4H3/t17-,19-,20+,22-,23-,25+,26-,27+,28-,29+,30-/m1/s1. The number of rotatable bonds is 4. The zero-order valence-electron chi connectivity index (χ0n) is 22.7. The van der Waals surface area contributed by atoms with E-state index < -0.39 is 6.10 Å². The van der Waals surface area contributed by atoms with Crippen LogP contribution in [0, 0.1) is 22.7 Å². The van der Waals surface area contributed by atoms with Crippen LogP contribution in [-0.2, 0) is 28.5 Å². The van der Waals surface area contributed by atoms with Crippen LogP contribution >= 0.6 is 0 Å².